The Morgan fingerprint density at radius 3 is 2.38 bits per heavy atom. The molecular weight excluding hydrogens is 265 g/mol. The number of thioether (sulfide) groups is 1. The molecule has 0 fully saturated rings. The number of aliphatic imine (C=N–C) groups is 1. The molecule has 1 aromatic carbocycles. The molecule has 0 aromatic heterocycles. The molecule has 0 spiro atoms. The van der Waals surface area contributed by atoms with Gasteiger partial charge in [-0.15, -0.1) is 4.99 Å². The normalized spacial score (nSPS) is 11.1. The second kappa shape index (κ2) is 6.00. The van der Waals surface area contributed by atoms with E-state index in [0.717, 1.165) is 5.69 Å². The fraction of sp³-hybridized carbons (Fsp3) is 0.200. The Morgan fingerprint density at radius 1 is 1.38 bits per heavy atom. The lowest BCUT2D eigenvalue weighted by Crippen LogP contribution is -2.23. The Kier molecular flexibility index (Phi) is 4.94. The molecule has 0 aliphatic heterocycles. The van der Waals surface area contributed by atoms with Crippen molar-refractivity contribution < 1.29 is 0 Å². The van der Waals surface area contributed by atoms with Crippen molar-refractivity contribution >= 4 is 45.8 Å². The highest BCUT2D eigenvalue weighted by Gasteiger charge is 2.09. The van der Waals surface area contributed by atoms with Gasteiger partial charge < -0.3 is 4.90 Å². The van der Waals surface area contributed by atoms with Crippen LogP contribution in [0.15, 0.2) is 23.2 Å². The predicted molar refractivity (Wildman–Crippen MR) is 71.4 cm³/mol. The molecule has 0 aliphatic carbocycles. The fourth-order valence-electron chi connectivity index (χ4n) is 1.14. The van der Waals surface area contributed by atoms with E-state index < -0.39 is 0 Å². The molecule has 6 heteroatoms. The first kappa shape index (κ1) is 13.2. The predicted octanol–water partition coefficient (Wildman–Crippen LogP) is 3.63. The summed E-state index contributed by atoms with van der Waals surface area (Å²) in [5, 5.41) is 10.2. The van der Waals surface area contributed by atoms with Gasteiger partial charge in [0.15, 0.2) is 5.17 Å². The topological polar surface area (TPSA) is 39.4 Å². The molecule has 0 bridgehead atoms. The van der Waals surface area contributed by atoms with E-state index >= 15 is 0 Å². The SMILES string of the molecule is CSC(=NC#N)N(C)c1cc(Cl)cc(Cl)c1. The Balaban J connectivity index is 3.09. The van der Waals surface area contributed by atoms with Gasteiger partial charge in [-0.3, -0.25) is 0 Å². The van der Waals surface area contributed by atoms with Crippen molar-refractivity contribution in [2.45, 2.75) is 0 Å². The first-order valence-corrected chi connectivity index (χ1v) is 6.27. The zero-order valence-corrected chi connectivity index (χ0v) is 11.1. The number of amidine groups is 1. The van der Waals surface area contributed by atoms with Crippen LogP contribution in [0.2, 0.25) is 10.0 Å². The van der Waals surface area contributed by atoms with Gasteiger partial charge in [0.05, 0.1) is 0 Å². The number of halogens is 2. The van der Waals surface area contributed by atoms with Crippen LogP contribution in [-0.2, 0) is 0 Å². The van der Waals surface area contributed by atoms with Gasteiger partial charge >= 0.3 is 0 Å². The molecular formula is C10H9Cl2N3S. The molecule has 1 aromatic rings. The summed E-state index contributed by atoms with van der Waals surface area (Å²) in [7, 11) is 1.80. The maximum atomic E-state index is 8.54. The molecule has 0 radical (unpaired) electrons. The zero-order chi connectivity index (χ0) is 12.1. The molecule has 0 saturated carbocycles. The van der Waals surface area contributed by atoms with Crippen LogP contribution in [-0.4, -0.2) is 18.5 Å². The summed E-state index contributed by atoms with van der Waals surface area (Å²) in [5.74, 6) is 0. The van der Waals surface area contributed by atoms with Gasteiger partial charge in [0.2, 0.25) is 6.19 Å². The minimum absolute atomic E-state index is 0.548. The summed E-state index contributed by atoms with van der Waals surface area (Å²) in [5.41, 5.74) is 0.792. The Labute approximate surface area is 109 Å². The third-order valence-corrected chi connectivity index (χ3v) is 3.02. The second-order valence-electron chi connectivity index (χ2n) is 2.89. The van der Waals surface area contributed by atoms with Crippen molar-refractivity contribution in [3.05, 3.63) is 28.2 Å². The molecule has 16 heavy (non-hydrogen) atoms. The molecule has 0 saturated heterocycles. The molecule has 0 atom stereocenters. The summed E-state index contributed by atoms with van der Waals surface area (Å²) in [6.07, 6.45) is 3.60. The third-order valence-electron chi connectivity index (χ3n) is 1.85. The van der Waals surface area contributed by atoms with Gasteiger partial charge in [-0.2, -0.15) is 5.26 Å². The molecule has 0 N–H and O–H groups in total. The second-order valence-corrected chi connectivity index (χ2v) is 4.53. The van der Waals surface area contributed by atoms with Crippen LogP contribution in [0.25, 0.3) is 0 Å². The van der Waals surface area contributed by atoms with Crippen LogP contribution in [0, 0.1) is 11.5 Å². The number of benzene rings is 1. The minimum atomic E-state index is 0.548. The molecule has 0 unspecified atom stereocenters. The average Bonchev–Trinajstić information content (AvgIpc) is 2.23. The van der Waals surface area contributed by atoms with Gasteiger partial charge in [-0.1, -0.05) is 35.0 Å². The number of hydrogen-bond acceptors (Lipinski definition) is 3. The molecule has 84 valence electrons. The van der Waals surface area contributed by atoms with Crippen molar-refractivity contribution in [1.82, 2.24) is 0 Å². The van der Waals surface area contributed by atoms with E-state index in [0.29, 0.717) is 15.2 Å². The van der Waals surface area contributed by atoms with Gasteiger partial charge in [-0.25, -0.2) is 0 Å². The summed E-state index contributed by atoms with van der Waals surface area (Å²) < 4.78 is 0. The summed E-state index contributed by atoms with van der Waals surface area (Å²) >= 11 is 13.2. The van der Waals surface area contributed by atoms with E-state index in [4.69, 9.17) is 28.5 Å². The number of nitriles is 1. The summed E-state index contributed by atoms with van der Waals surface area (Å²) in [4.78, 5) is 5.46. The monoisotopic (exact) mass is 273 g/mol. The highest BCUT2D eigenvalue weighted by molar-refractivity contribution is 8.13. The van der Waals surface area contributed by atoms with E-state index in [2.05, 4.69) is 4.99 Å². The van der Waals surface area contributed by atoms with Crippen molar-refractivity contribution in [2.24, 2.45) is 4.99 Å². The van der Waals surface area contributed by atoms with Gasteiger partial charge in [0, 0.05) is 22.8 Å². The molecule has 0 aliphatic rings. The lowest BCUT2D eigenvalue weighted by molar-refractivity contribution is 1.27. The highest BCUT2D eigenvalue weighted by Crippen LogP contribution is 2.26. The van der Waals surface area contributed by atoms with Crippen LogP contribution in [0.4, 0.5) is 5.69 Å². The maximum Gasteiger partial charge on any atom is 0.208 e. The zero-order valence-electron chi connectivity index (χ0n) is 8.74. The number of rotatable bonds is 1. The van der Waals surface area contributed by atoms with E-state index in [9.17, 15) is 0 Å². The average molecular weight is 274 g/mol. The van der Waals surface area contributed by atoms with E-state index in [-0.39, 0.29) is 0 Å². The molecule has 1 rings (SSSR count). The summed E-state index contributed by atoms with van der Waals surface area (Å²) in [6, 6.07) is 5.17. The third kappa shape index (κ3) is 3.31. The van der Waals surface area contributed by atoms with Crippen molar-refractivity contribution in [1.29, 1.82) is 5.26 Å². The van der Waals surface area contributed by atoms with Crippen LogP contribution in [0.1, 0.15) is 0 Å². The maximum absolute atomic E-state index is 8.54. The van der Waals surface area contributed by atoms with Crippen LogP contribution >= 0.6 is 35.0 Å². The van der Waals surface area contributed by atoms with E-state index in [1.54, 1.807) is 36.3 Å². The Morgan fingerprint density at radius 2 is 1.94 bits per heavy atom. The Bertz CT molecular complexity index is 434. The van der Waals surface area contributed by atoms with Crippen molar-refractivity contribution in [2.75, 3.05) is 18.2 Å². The largest absolute Gasteiger partial charge is 0.323 e. The smallest absolute Gasteiger partial charge is 0.208 e. The molecule has 0 heterocycles. The van der Waals surface area contributed by atoms with Crippen LogP contribution in [0.3, 0.4) is 0 Å². The first-order chi connectivity index (χ1) is 7.58. The first-order valence-electron chi connectivity index (χ1n) is 4.29. The van der Waals surface area contributed by atoms with Crippen LogP contribution < -0.4 is 4.90 Å². The number of nitrogens with zero attached hydrogens (tertiary/aromatic N) is 3. The van der Waals surface area contributed by atoms with E-state index in [1.165, 1.54) is 11.8 Å². The quantitative estimate of drug-likeness (QED) is 0.446. The summed E-state index contributed by atoms with van der Waals surface area (Å²) in [6.45, 7) is 0. The van der Waals surface area contributed by atoms with Crippen LogP contribution in [0.5, 0.6) is 0 Å². The minimum Gasteiger partial charge on any atom is -0.323 e. The fourth-order valence-corrected chi connectivity index (χ4v) is 2.17. The number of hydrogen-bond donors (Lipinski definition) is 0. The lowest BCUT2D eigenvalue weighted by atomic mass is 10.3. The standard InChI is InChI=1S/C10H9Cl2N3S/c1-15(10(16-2)14-6-13)9-4-7(11)3-8(12)5-9/h3-5H,1-2H3. The highest BCUT2D eigenvalue weighted by atomic mass is 35.5. The number of anilines is 1. The van der Waals surface area contributed by atoms with Crippen molar-refractivity contribution in [3.63, 3.8) is 0 Å². The van der Waals surface area contributed by atoms with Crippen molar-refractivity contribution in [3.8, 4) is 6.19 Å². The van der Waals surface area contributed by atoms with Gasteiger partial charge in [0.25, 0.3) is 0 Å². The molecule has 0 amide bonds. The van der Waals surface area contributed by atoms with Gasteiger partial charge in [0.1, 0.15) is 0 Å². The Hall–Kier alpha value is -0.890. The molecule has 3 nitrogen and oxygen atoms in total. The van der Waals surface area contributed by atoms with E-state index in [1.807, 2.05) is 6.26 Å². The van der Waals surface area contributed by atoms with Gasteiger partial charge in [-0.05, 0) is 24.5 Å². The lowest BCUT2D eigenvalue weighted by Gasteiger charge is -2.19.